The summed E-state index contributed by atoms with van der Waals surface area (Å²) in [6.07, 6.45) is 5.07. The summed E-state index contributed by atoms with van der Waals surface area (Å²) in [4.78, 5) is 0.274. The molecular formula is C15H21NO4S. The zero-order valence-corrected chi connectivity index (χ0v) is 12.8. The highest BCUT2D eigenvalue weighted by molar-refractivity contribution is 7.89. The monoisotopic (exact) mass is 311 g/mol. The molecule has 2 fully saturated rings. The average molecular weight is 311 g/mol. The molecule has 1 aliphatic heterocycles. The largest absolute Gasteiger partial charge is 0.347 e. The van der Waals surface area contributed by atoms with E-state index in [-0.39, 0.29) is 17.5 Å². The molecule has 0 aromatic heterocycles. The second kappa shape index (κ2) is 6.04. The minimum absolute atomic E-state index is 0.207. The summed E-state index contributed by atoms with van der Waals surface area (Å²) >= 11 is 0. The van der Waals surface area contributed by atoms with Gasteiger partial charge in [-0.05, 0) is 25.0 Å². The molecule has 1 atom stereocenters. The van der Waals surface area contributed by atoms with Crippen LogP contribution >= 0.6 is 0 Å². The van der Waals surface area contributed by atoms with Crippen LogP contribution in [0.3, 0.4) is 0 Å². The van der Waals surface area contributed by atoms with Crippen molar-refractivity contribution in [2.24, 2.45) is 0 Å². The van der Waals surface area contributed by atoms with Crippen molar-refractivity contribution in [1.82, 2.24) is 4.72 Å². The van der Waals surface area contributed by atoms with Crippen molar-refractivity contribution in [2.75, 3.05) is 13.2 Å². The minimum Gasteiger partial charge on any atom is -0.347 e. The Bertz CT molecular complexity index is 567. The first-order valence-electron chi connectivity index (χ1n) is 7.46. The van der Waals surface area contributed by atoms with Crippen LogP contribution in [0.1, 0.15) is 32.1 Å². The van der Waals surface area contributed by atoms with Crippen LogP contribution in [0.5, 0.6) is 0 Å². The Kier molecular flexibility index (Phi) is 4.31. The van der Waals surface area contributed by atoms with Gasteiger partial charge in [-0.2, -0.15) is 0 Å². The van der Waals surface area contributed by atoms with Crippen molar-refractivity contribution in [3.05, 3.63) is 30.3 Å². The number of hydrogen-bond acceptors (Lipinski definition) is 4. The van der Waals surface area contributed by atoms with Gasteiger partial charge in [-0.25, -0.2) is 13.1 Å². The number of ether oxygens (including phenoxy) is 2. The molecule has 1 aliphatic carbocycles. The van der Waals surface area contributed by atoms with Crippen LogP contribution < -0.4 is 4.72 Å². The molecule has 5 nitrogen and oxygen atoms in total. The molecule has 21 heavy (non-hydrogen) atoms. The molecule has 1 unspecified atom stereocenters. The van der Waals surface area contributed by atoms with Gasteiger partial charge in [-0.1, -0.05) is 24.6 Å². The van der Waals surface area contributed by atoms with E-state index in [0.29, 0.717) is 6.61 Å². The lowest BCUT2D eigenvalue weighted by Gasteiger charge is -2.31. The number of hydrogen-bond donors (Lipinski definition) is 1. The highest BCUT2D eigenvalue weighted by Gasteiger charge is 2.42. The van der Waals surface area contributed by atoms with Crippen LogP contribution in [0.2, 0.25) is 0 Å². The fourth-order valence-electron chi connectivity index (χ4n) is 2.96. The normalized spacial score (nSPS) is 25.2. The summed E-state index contributed by atoms with van der Waals surface area (Å²) in [5.74, 6) is -0.457. The predicted molar refractivity (Wildman–Crippen MR) is 78.3 cm³/mol. The summed E-state index contributed by atoms with van der Waals surface area (Å²) in [6, 6.07) is 8.37. The first-order chi connectivity index (χ1) is 10.1. The first kappa shape index (κ1) is 15.0. The summed E-state index contributed by atoms with van der Waals surface area (Å²) in [5, 5.41) is 0. The van der Waals surface area contributed by atoms with Gasteiger partial charge < -0.3 is 9.47 Å². The van der Waals surface area contributed by atoms with Crippen LogP contribution in [0, 0.1) is 0 Å². The molecule has 116 valence electrons. The zero-order chi connectivity index (χ0) is 14.8. The molecule has 0 bridgehead atoms. The zero-order valence-electron chi connectivity index (χ0n) is 12.0. The molecule has 0 radical (unpaired) electrons. The van der Waals surface area contributed by atoms with E-state index in [1.54, 1.807) is 30.3 Å². The van der Waals surface area contributed by atoms with E-state index in [4.69, 9.17) is 9.47 Å². The van der Waals surface area contributed by atoms with E-state index < -0.39 is 15.8 Å². The van der Waals surface area contributed by atoms with E-state index in [2.05, 4.69) is 4.72 Å². The Hall–Kier alpha value is -0.950. The van der Waals surface area contributed by atoms with Crippen molar-refractivity contribution >= 4 is 10.0 Å². The van der Waals surface area contributed by atoms with Crippen molar-refractivity contribution in [3.63, 3.8) is 0 Å². The number of benzene rings is 1. The van der Waals surface area contributed by atoms with Crippen LogP contribution in [0.25, 0.3) is 0 Å². The maximum Gasteiger partial charge on any atom is 0.240 e. The maximum absolute atomic E-state index is 12.1. The fourth-order valence-corrected chi connectivity index (χ4v) is 4.04. The Morgan fingerprint density at radius 1 is 1.14 bits per heavy atom. The van der Waals surface area contributed by atoms with Gasteiger partial charge in [0.25, 0.3) is 0 Å². The second-order valence-electron chi connectivity index (χ2n) is 5.69. The first-order valence-corrected chi connectivity index (χ1v) is 8.95. The molecule has 6 heteroatoms. The molecule has 3 rings (SSSR count). The van der Waals surface area contributed by atoms with Crippen molar-refractivity contribution < 1.29 is 17.9 Å². The van der Waals surface area contributed by atoms with Gasteiger partial charge in [0, 0.05) is 19.4 Å². The molecule has 1 saturated carbocycles. The van der Waals surface area contributed by atoms with Crippen molar-refractivity contribution in [2.45, 2.75) is 48.9 Å². The van der Waals surface area contributed by atoms with Gasteiger partial charge >= 0.3 is 0 Å². The Morgan fingerprint density at radius 2 is 1.86 bits per heavy atom. The summed E-state index contributed by atoms with van der Waals surface area (Å²) in [7, 11) is -3.48. The van der Waals surface area contributed by atoms with Crippen molar-refractivity contribution in [3.8, 4) is 0 Å². The molecule has 1 N–H and O–H groups in total. The van der Waals surface area contributed by atoms with Crippen LogP contribution in [-0.4, -0.2) is 33.5 Å². The topological polar surface area (TPSA) is 64.6 Å². The van der Waals surface area contributed by atoms with Gasteiger partial charge in [0.1, 0.15) is 0 Å². The van der Waals surface area contributed by atoms with E-state index in [1.807, 2.05) is 0 Å². The van der Waals surface area contributed by atoms with Crippen molar-refractivity contribution in [1.29, 1.82) is 0 Å². The third-order valence-corrected chi connectivity index (χ3v) is 5.52. The third-order valence-electron chi connectivity index (χ3n) is 4.08. The van der Waals surface area contributed by atoms with Gasteiger partial charge in [0.2, 0.25) is 10.0 Å². The lowest BCUT2D eigenvalue weighted by atomic mass is 9.94. The van der Waals surface area contributed by atoms with E-state index in [0.717, 1.165) is 25.7 Å². The highest BCUT2D eigenvalue weighted by atomic mass is 32.2. The van der Waals surface area contributed by atoms with Crippen LogP contribution in [0.15, 0.2) is 35.2 Å². The third kappa shape index (κ3) is 3.45. The number of nitrogens with one attached hydrogen (secondary N) is 1. The maximum atomic E-state index is 12.1. The molecule has 1 aromatic rings. The number of rotatable bonds is 4. The van der Waals surface area contributed by atoms with Crippen LogP contribution in [0.4, 0.5) is 0 Å². The molecule has 1 aromatic carbocycles. The lowest BCUT2D eigenvalue weighted by Crippen LogP contribution is -2.37. The summed E-state index contributed by atoms with van der Waals surface area (Å²) < 4.78 is 38.7. The quantitative estimate of drug-likeness (QED) is 0.924. The van der Waals surface area contributed by atoms with Gasteiger partial charge in [0.05, 0.1) is 17.6 Å². The Morgan fingerprint density at radius 3 is 2.57 bits per heavy atom. The minimum atomic E-state index is -3.48. The fraction of sp³-hybridized carbons (Fsp3) is 0.600. The van der Waals surface area contributed by atoms with Gasteiger partial charge in [0.15, 0.2) is 5.79 Å². The van der Waals surface area contributed by atoms with E-state index in [9.17, 15) is 8.42 Å². The highest BCUT2D eigenvalue weighted by Crippen LogP contribution is 2.37. The SMILES string of the molecule is O=S(=O)(NCC1COC2(CCCCC2)O1)c1ccccc1. The van der Waals surface area contributed by atoms with E-state index >= 15 is 0 Å². The molecule has 1 heterocycles. The number of sulfonamides is 1. The second-order valence-corrected chi connectivity index (χ2v) is 7.45. The predicted octanol–water partition coefficient (Wildman–Crippen LogP) is 2.04. The molecular weight excluding hydrogens is 290 g/mol. The van der Waals surface area contributed by atoms with Gasteiger partial charge in [-0.3, -0.25) is 0 Å². The molecule has 0 amide bonds. The average Bonchev–Trinajstić information content (AvgIpc) is 2.90. The smallest absolute Gasteiger partial charge is 0.240 e. The Balaban J connectivity index is 1.56. The van der Waals surface area contributed by atoms with Crippen LogP contribution in [-0.2, 0) is 19.5 Å². The lowest BCUT2D eigenvalue weighted by molar-refractivity contribution is -0.186. The molecule has 1 spiro atoms. The Labute approximate surface area is 125 Å². The molecule has 2 aliphatic rings. The standard InChI is InChI=1S/C15H21NO4S/c17-21(18,14-7-3-1-4-8-14)16-11-13-12-19-15(20-13)9-5-2-6-10-15/h1,3-4,7-8,13,16H,2,5-6,9-12H2. The van der Waals surface area contributed by atoms with E-state index in [1.165, 1.54) is 6.42 Å². The van der Waals surface area contributed by atoms with Gasteiger partial charge in [-0.15, -0.1) is 0 Å². The summed E-state index contributed by atoms with van der Waals surface area (Å²) in [5.41, 5.74) is 0. The summed E-state index contributed by atoms with van der Waals surface area (Å²) in [6.45, 7) is 0.705. The molecule has 1 saturated heterocycles.